The average molecular weight is 466 g/mol. The lowest BCUT2D eigenvalue weighted by molar-refractivity contribution is -0.126. The third-order valence-electron chi connectivity index (χ3n) is 5.37. The number of nitrogens with two attached hydrogens (primary N) is 1. The van der Waals surface area contributed by atoms with E-state index in [4.69, 9.17) is 10.5 Å². The van der Waals surface area contributed by atoms with Crippen molar-refractivity contribution in [2.24, 2.45) is 5.73 Å². The highest BCUT2D eigenvalue weighted by Crippen LogP contribution is 2.33. The maximum atomic E-state index is 12.8. The molecule has 0 amide bonds. The number of hydrogen-bond acceptors (Lipinski definition) is 7. The maximum Gasteiger partial charge on any atom is 0.393 e. The molecule has 0 bridgehead atoms. The fourth-order valence-electron chi connectivity index (χ4n) is 3.90. The monoisotopic (exact) mass is 465 g/mol. The Kier molecular flexibility index (Phi) is 7.12. The van der Waals surface area contributed by atoms with Crippen molar-refractivity contribution in [2.75, 3.05) is 31.6 Å². The zero-order valence-corrected chi connectivity index (χ0v) is 18.4. The topological polar surface area (TPSA) is 76.3 Å². The standard InChI is InChI=1S/C22H26F3N5OS/c23-22(24,25)12-18-11-19-20(27-14-28-21(19)32-18)29-16-4-7-30(8-5-16)13-15-2-1-3-17(10-15)31-9-6-26/h1-3,10-11,14,16H,4-9,12-13,26H2,(H,27,28,29). The molecule has 0 radical (unpaired) electrons. The van der Waals surface area contributed by atoms with Gasteiger partial charge in [-0.1, -0.05) is 12.1 Å². The minimum atomic E-state index is -4.23. The number of nitrogens with one attached hydrogen (secondary N) is 1. The molecule has 1 saturated heterocycles. The van der Waals surface area contributed by atoms with E-state index < -0.39 is 12.6 Å². The van der Waals surface area contributed by atoms with Gasteiger partial charge in [0.05, 0.1) is 11.8 Å². The summed E-state index contributed by atoms with van der Waals surface area (Å²) >= 11 is 1.07. The Morgan fingerprint density at radius 3 is 2.75 bits per heavy atom. The van der Waals surface area contributed by atoms with Gasteiger partial charge >= 0.3 is 6.18 Å². The average Bonchev–Trinajstić information content (AvgIpc) is 3.15. The van der Waals surface area contributed by atoms with E-state index in [0.717, 1.165) is 49.6 Å². The van der Waals surface area contributed by atoms with Gasteiger partial charge in [-0.15, -0.1) is 11.3 Å². The normalized spacial score (nSPS) is 15.9. The van der Waals surface area contributed by atoms with Gasteiger partial charge in [0, 0.05) is 37.1 Å². The molecule has 32 heavy (non-hydrogen) atoms. The van der Waals surface area contributed by atoms with Crippen molar-refractivity contribution in [3.8, 4) is 5.75 Å². The molecule has 1 aromatic carbocycles. The Balaban J connectivity index is 1.34. The molecule has 3 N–H and O–H groups in total. The first-order valence-corrected chi connectivity index (χ1v) is 11.4. The van der Waals surface area contributed by atoms with Crippen LogP contribution in [0.5, 0.6) is 5.75 Å². The lowest BCUT2D eigenvalue weighted by Crippen LogP contribution is -2.38. The Labute approximate surface area is 188 Å². The highest BCUT2D eigenvalue weighted by atomic mass is 32.1. The molecule has 3 aromatic rings. The second kappa shape index (κ2) is 10.0. The van der Waals surface area contributed by atoms with Gasteiger partial charge in [-0.2, -0.15) is 13.2 Å². The number of piperidine rings is 1. The zero-order chi connectivity index (χ0) is 22.6. The van der Waals surface area contributed by atoms with Crippen molar-refractivity contribution >= 4 is 27.4 Å². The van der Waals surface area contributed by atoms with Gasteiger partial charge in [-0.25, -0.2) is 9.97 Å². The molecule has 4 rings (SSSR count). The van der Waals surface area contributed by atoms with E-state index in [-0.39, 0.29) is 10.9 Å². The number of likely N-dealkylation sites (tertiary alicyclic amines) is 1. The lowest BCUT2D eigenvalue weighted by atomic mass is 10.0. The highest BCUT2D eigenvalue weighted by molar-refractivity contribution is 7.18. The number of benzene rings is 1. The number of fused-ring (bicyclic) bond motifs is 1. The number of ether oxygens (including phenoxy) is 1. The minimum absolute atomic E-state index is 0.217. The molecule has 172 valence electrons. The number of thiophene rings is 1. The number of anilines is 1. The summed E-state index contributed by atoms with van der Waals surface area (Å²) in [5, 5.41) is 4.09. The second-order valence-electron chi connectivity index (χ2n) is 7.93. The van der Waals surface area contributed by atoms with Crippen molar-refractivity contribution in [2.45, 2.75) is 38.0 Å². The molecule has 0 aliphatic carbocycles. The van der Waals surface area contributed by atoms with Gasteiger partial charge in [0.25, 0.3) is 0 Å². The number of aromatic nitrogens is 2. The van der Waals surface area contributed by atoms with E-state index in [9.17, 15) is 13.2 Å². The molecule has 0 saturated carbocycles. The molecule has 2 aromatic heterocycles. The summed E-state index contributed by atoms with van der Waals surface area (Å²) < 4.78 is 43.9. The molecule has 0 atom stereocenters. The Hall–Kier alpha value is -2.43. The van der Waals surface area contributed by atoms with Gasteiger partial charge in [0.1, 0.15) is 29.3 Å². The zero-order valence-electron chi connectivity index (χ0n) is 17.6. The van der Waals surface area contributed by atoms with Crippen molar-refractivity contribution in [1.29, 1.82) is 0 Å². The summed E-state index contributed by atoms with van der Waals surface area (Å²) in [6.45, 7) is 3.66. The van der Waals surface area contributed by atoms with Gasteiger partial charge in [0.15, 0.2) is 0 Å². The van der Waals surface area contributed by atoms with E-state index in [1.807, 2.05) is 18.2 Å². The predicted molar refractivity (Wildman–Crippen MR) is 120 cm³/mol. The van der Waals surface area contributed by atoms with Crippen LogP contribution in [0.2, 0.25) is 0 Å². The number of alkyl halides is 3. The smallest absolute Gasteiger partial charge is 0.393 e. The van der Waals surface area contributed by atoms with Gasteiger partial charge in [-0.3, -0.25) is 4.90 Å². The third-order valence-corrected chi connectivity index (χ3v) is 6.42. The molecule has 6 nitrogen and oxygen atoms in total. The first-order chi connectivity index (χ1) is 15.4. The number of halogens is 3. The van der Waals surface area contributed by atoms with Crippen molar-refractivity contribution < 1.29 is 17.9 Å². The summed E-state index contributed by atoms with van der Waals surface area (Å²) in [6, 6.07) is 9.84. The van der Waals surface area contributed by atoms with Crippen LogP contribution in [-0.4, -0.2) is 53.3 Å². The van der Waals surface area contributed by atoms with Crippen molar-refractivity contribution in [3.63, 3.8) is 0 Å². The van der Waals surface area contributed by atoms with Crippen LogP contribution in [0.1, 0.15) is 23.3 Å². The van der Waals surface area contributed by atoms with Crippen LogP contribution >= 0.6 is 11.3 Å². The number of rotatable bonds is 8. The molecule has 1 fully saturated rings. The maximum absolute atomic E-state index is 12.8. The molecule has 0 spiro atoms. The van der Waals surface area contributed by atoms with Gasteiger partial charge < -0.3 is 15.8 Å². The first-order valence-electron chi connectivity index (χ1n) is 10.6. The molecule has 1 aliphatic rings. The van der Waals surface area contributed by atoms with Crippen LogP contribution in [0.3, 0.4) is 0 Å². The van der Waals surface area contributed by atoms with E-state index in [2.05, 4.69) is 26.3 Å². The Morgan fingerprint density at radius 2 is 2.00 bits per heavy atom. The van der Waals surface area contributed by atoms with Crippen LogP contribution in [-0.2, 0) is 13.0 Å². The van der Waals surface area contributed by atoms with Crippen LogP contribution < -0.4 is 15.8 Å². The van der Waals surface area contributed by atoms with Gasteiger partial charge in [-0.05, 0) is 36.6 Å². The van der Waals surface area contributed by atoms with E-state index in [0.29, 0.717) is 29.2 Å². The third kappa shape index (κ3) is 6.08. The Bertz CT molecular complexity index is 1030. The Morgan fingerprint density at radius 1 is 1.19 bits per heavy atom. The second-order valence-corrected chi connectivity index (χ2v) is 9.04. The van der Waals surface area contributed by atoms with Crippen LogP contribution in [0, 0.1) is 0 Å². The summed E-state index contributed by atoms with van der Waals surface area (Å²) in [7, 11) is 0. The summed E-state index contributed by atoms with van der Waals surface area (Å²) in [5.41, 5.74) is 6.69. The molecular formula is C22H26F3N5OS. The van der Waals surface area contributed by atoms with Crippen LogP contribution in [0.15, 0.2) is 36.7 Å². The summed E-state index contributed by atoms with van der Waals surface area (Å²) in [4.78, 5) is 11.7. The highest BCUT2D eigenvalue weighted by Gasteiger charge is 2.29. The summed E-state index contributed by atoms with van der Waals surface area (Å²) in [6.07, 6.45) is -1.91. The number of hydrogen-bond donors (Lipinski definition) is 2. The predicted octanol–water partition coefficient (Wildman–Crippen LogP) is 4.21. The number of nitrogens with zero attached hydrogens (tertiary/aromatic N) is 3. The van der Waals surface area contributed by atoms with Crippen LogP contribution in [0.4, 0.5) is 19.0 Å². The van der Waals surface area contributed by atoms with E-state index in [1.165, 1.54) is 11.9 Å². The van der Waals surface area contributed by atoms with E-state index >= 15 is 0 Å². The lowest BCUT2D eigenvalue weighted by Gasteiger charge is -2.32. The van der Waals surface area contributed by atoms with Gasteiger partial charge in [0.2, 0.25) is 0 Å². The fourth-order valence-corrected chi connectivity index (χ4v) is 4.93. The van der Waals surface area contributed by atoms with E-state index in [1.54, 1.807) is 6.07 Å². The molecule has 3 heterocycles. The quantitative estimate of drug-likeness (QED) is 0.519. The van der Waals surface area contributed by atoms with Crippen LogP contribution in [0.25, 0.3) is 10.2 Å². The summed E-state index contributed by atoms with van der Waals surface area (Å²) in [5.74, 6) is 1.45. The van der Waals surface area contributed by atoms with Crippen molar-refractivity contribution in [1.82, 2.24) is 14.9 Å². The molecule has 10 heteroatoms. The molecule has 0 unspecified atom stereocenters. The largest absolute Gasteiger partial charge is 0.492 e. The first kappa shape index (κ1) is 22.8. The SMILES string of the molecule is NCCOc1cccc(CN2CCC(Nc3ncnc4sc(CC(F)(F)F)cc34)CC2)c1. The fraction of sp³-hybridized carbons (Fsp3) is 0.455. The molecule has 1 aliphatic heterocycles. The molecular weight excluding hydrogens is 439 g/mol. The minimum Gasteiger partial charge on any atom is -0.492 e. The van der Waals surface area contributed by atoms with Crippen molar-refractivity contribution in [3.05, 3.63) is 47.1 Å².